The van der Waals surface area contributed by atoms with E-state index in [4.69, 9.17) is 0 Å². The normalized spacial score (nSPS) is 12.8. The minimum absolute atomic E-state index is 0.716. The summed E-state index contributed by atoms with van der Waals surface area (Å²) in [6.45, 7) is 2.23. The average Bonchev–Trinajstić information content (AvgIpc) is 2.20. The van der Waals surface area contributed by atoms with Crippen LogP contribution < -0.4 is 0 Å². The van der Waals surface area contributed by atoms with Crippen LogP contribution in [0.5, 0.6) is 0 Å². The SMILES string of the molecule is CCCC(CBr)Cc1ccc(Br)cn1. The summed E-state index contributed by atoms with van der Waals surface area (Å²) < 4.78 is 1.05. The highest BCUT2D eigenvalue weighted by atomic mass is 79.9. The molecule has 0 amide bonds. The van der Waals surface area contributed by atoms with E-state index in [1.165, 1.54) is 18.5 Å². The number of pyridine rings is 1. The van der Waals surface area contributed by atoms with Crippen molar-refractivity contribution < 1.29 is 0 Å². The quantitative estimate of drug-likeness (QED) is 0.741. The fourth-order valence-electron chi connectivity index (χ4n) is 1.46. The molecule has 14 heavy (non-hydrogen) atoms. The van der Waals surface area contributed by atoms with Crippen LogP contribution >= 0.6 is 31.9 Å². The van der Waals surface area contributed by atoms with E-state index in [0.29, 0.717) is 5.92 Å². The lowest BCUT2D eigenvalue weighted by molar-refractivity contribution is 0.528. The number of alkyl halides is 1. The Labute approximate surface area is 103 Å². The van der Waals surface area contributed by atoms with Gasteiger partial charge in [0.1, 0.15) is 0 Å². The van der Waals surface area contributed by atoms with Crippen LogP contribution in [0.25, 0.3) is 0 Å². The van der Waals surface area contributed by atoms with Crippen LogP contribution in [0.4, 0.5) is 0 Å². The minimum Gasteiger partial charge on any atom is -0.260 e. The molecule has 0 spiro atoms. The molecule has 1 aromatic rings. The predicted molar refractivity (Wildman–Crippen MR) is 67.8 cm³/mol. The van der Waals surface area contributed by atoms with Gasteiger partial charge in [-0.15, -0.1) is 0 Å². The van der Waals surface area contributed by atoms with Crippen LogP contribution in [0.2, 0.25) is 0 Å². The monoisotopic (exact) mass is 319 g/mol. The molecular formula is C11H15Br2N. The molecule has 1 rings (SSSR count). The largest absolute Gasteiger partial charge is 0.260 e. The highest BCUT2D eigenvalue weighted by Gasteiger charge is 2.07. The maximum Gasteiger partial charge on any atom is 0.0413 e. The summed E-state index contributed by atoms with van der Waals surface area (Å²) in [5.74, 6) is 0.716. The second-order valence-electron chi connectivity index (χ2n) is 3.48. The first-order chi connectivity index (χ1) is 6.76. The van der Waals surface area contributed by atoms with Crippen molar-refractivity contribution in [1.82, 2.24) is 4.98 Å². The summed E-state index contributed by atoms with van der Waals surface area (Å²) in [7, 11) is 0. The number of rotatable bonds is 5. The predicted octanol–water partition coefficient (Wildman–Crippen LogP) is 4.20. The van der Waals surface area contributed by atoms with E-state index >= 15 is 0 Å². The van der Waals surface area contributed by atoms with E-state index in [2.05, 4.69) is 55.9 Å². The molecule has 0 aromatic carbocycles. The molecule has 0 aliphatic heterocycles. The first-order valence-corrected chi connectivity index (χ1v) is 6.84. The number of nitrogens with zero attached hydrogens (tertiary/aromatic N) is 1. The van der Waals surface area contributed by atoms with Gasteiger partial charge in [0.25, 0.3) is 0 Å². The molecule has 0 fully saturated rings. The average molecular weight is 321 g/mol. The lowest BCUT2D eigenvalue weighted by atomic mass is 10.00. The van der Waals surface area contributed by atoms with Gasteiger partial charge in [0.05, 0.1) is 0 Å². The van der Waals surface area contributed by atoms with Gasteiger partial charge in [-0.25, -0.2) is 0 Å². The van der Waals surface area contributed by atoms with Crippen molar-refractivity contribution in [1.29, 1.82) is 0 Å². The molecule has 1 unspecified atom stereocenters. The standard InChI is InChI=1S/C11H15Br2N/c1-2-3-9(7-12)6-11-5-4-10(13)8-14-11/h4-5,8-9H,2-3,6-7H2,1H3. The van der Waals surface area contributed by atoms with Gasteiger partial charge in [-0.2, -0.15) is 0 Å². The molecule has 0 N–H and O–H groups in total. The molecule has 0 saturated carbocycles. The van der Waals surface area contributed by atoms with Gasteiger partial charge in [-0.05, 0) is 46.8 Å². The lowest BCUT2D eigenvalue weighted by Gasteiger charge is -2.11. The Hall–Kier alpha value is 0.110. The third-order valence-corrected chi connectivity index (χ3v) is 3.59. The summed E-state index contributed by atoms with van der Waals surface area (Å²) in [4.78, 5) is 4.38. The van der Waals surface area contributed by atoms with Crippen molar-refractivity contribution in [3.05, 3.63) is 28.5 Å². The third-order valence-electron chi connectivity index (χ3n) is 2.20. The summed E-state index contributed by atoms with van der Waals surface area (Å²) in [5, 5.41) is 1.07. The Balaban J connectivity index is 2.53. The van der Waals surface area contributed by atoms with Crippen LogP contribution in [-0.4, -0.2) is 10.3 Å². The molecule has 1 heterocycles. The molecule has 78 valence electrons. The van der Waals surface area contributed by atoms with E-state index in [9.17, 15) is 0 Å². The highest BCUT2D eigenvalue weighted by Crippen LogP contribution is 2.16. The van der Waals surface area contributed by atoms with Crippen molar-refractivity contribution in [2.45, 2.75) is 26.2 Å². The molecule has 0 saturated heterocycles. The fourth-order valence-corrected chi connectivity index (χ4v) is 2.25. The third kappa shape index (κ3) is 4.09. The zero-order valence-corrected chi connectivity index (χ0v) is 11.5. The van der Waals surface area contributed by atoms with Crippen molar-refractivity contribution in [3.63, 3.8) is 0 Å². The topological polar surface area (TPSA) is 12.9 Å². The van der Waals surface area contributed by atoms with E-state index in [0.717, 1.165) is 16.2 Å². The zero-order valence-electron chi connectivity index (χ0n) is 8.34. The second kappa shape index (κ2) is 6.57. The summed E-state index contributed by atoms with van der Waals surface area (Å²) in [6, 6.07) is 4.15. The molecule has 1 nitrogen and oxygen atoms in total. The first-order valence-electron chi connectivity index (χ1n) is 4.92. The van der Waals surface area contributed by atoms with E-state index in [1.54, 1.807) is 0 Å². The summed E-state index contributed by atoms with van der Waals surface area (Å²) >= 11 is 6.94. The summed E-state index contributed by atoms with van der Waals surface area (Å²) in [5.41, 5.74) is 1.19. The molecular weight excluding hydrogens is 306 g/mol. The van der Waals surface area contributed by atoms with Crippen LogP contribution in [-0.2, 0) is 6.42 Å². The molecule has 3 heteroatoms. The van der Waals surface area contributed by atoms with Crippen LogP contribution in [0.1, 0.15) is 25.5 Å². The number of aromatic nitrogens is 1. The maximum absolute atomic E-state index is 4.38. The maximum atomic E-state index is 4.38. The van der Waals surface area contributed by atoms with E-state index in [1.807, 2.05) is 6.20 Å². The van der Waals surface area contributed by atoms with Gasteiger partial charge in [0.15, 0.2) is 0 Å². The van der Waals surface area contributed by atoms with Crippen LogP contribution in [0.15, 0.2) is 22.8 Å². The van der Waals surface area contributed by atoms with Gasteiger partial charge >= 0.3 is 0 Å². The summed E-state index contributed by atoms with van der Waals surface area (Å²) in [6.07, 6.45) is 5.45. The molecule has 1 aromatic heterocycles. The Bertz CT molecular complexity index is 258. The number of hydrogen-bond acceptors (Lipinski definition) is 1. The molecule has 0 aliphatic rings. The van der Waals surface area contributed by atoms with Crippen molar-refractivity contribution in [2.75, 3.05) is 5.33 Å². The van der Waals surface area contributed by atoms with Gasteiger partial charge in [-0.3, -0.25) is 4.98 Å². The van der Waals surface area contributed by atoms with Crippen molar-refractivity contribution in [3.8, 4) is 0 Å². The van der Waals surface area contributed by atoms with E-state index < -0.39 is 0 Å². The van der Waals surface area contributed by atoms with Gasteiger partial charge in [0.2, 0.25) is 0 Å². The van der Waals surface area contributed by atoms with Gasteiger partial charge in [0, 0.05) is 21.7 Å². The second-order valence-corrected chi connectivity index (χ2v) is 5.04. The first kappa shape index (κ1) is 12.2. The van der Waals surface area contributed by atoms with Crippen LogP contribution in [0, 0.1) is 5.92 Å². The lowest BCUT2D eigenvalue weighted by Crippen LogP contribution is -2.06. The number of hydrogen-bond donors (Lipinski definition) is 0. The smallest absolute Gasteiger partial charge is 0.0413 e. The zero-order chi connectivity index (χ0) is 10.4. The Morgan fingerprint density at radius 1 is 1.43 bits per heavy atom. The van der Waals surface area contributed by atoms with Crippen molar-refractivity contribution in [2.24, 2.45) is 5.92 Å². The molecule has 0 radical (unpaired) electrons. The fraction of sp³-hybridized carbons (Fsp3) is 0.545. The van der Waals surface area contributed by atoms with Gasteiger partial charge < -0.3 is 0 Å². The number of halogens is 2. The van der Waals surface area contributed by atoms with Gasteiger partial charge in [-0.1, -0.05) is 29.3 Å². The Morgan fingerprint density at radius 2 is 2.21 bits per heavy atom. The Morgan fingerprint density at radius 3 is 2.71 bits per heavy atom. The van der Waals surface area contributed by atoms with E-state index in [-0.39, 0.29) is 0 Å². The highest BCUT2D eigenvalue weighted by molar-refractivity contribution is 9.10. The minimum atomic E-state index is 0.716. The molecule has 1 atom stereocenters. The Kier molecular flexibility index (Phi) is 5.71. The molecule has 0 aliphatic carbocycles. The van der Waals surface area contributed by atoms with Crippen molar-refractivity contribution >= 4 is 31.9 Å². The molecule has 0 bridgehead atoms. The van der Waals surface area contributed by atoms with Crippen LogP contribution in [0.3, 0.4) is 0 Å².